The third-order valence-electron chi connectivity index (χ3n) is 2.73. The largest absolute Gasteiger partial charge is 0.489 e. The van der Waals surface area contributed by atoms with Crippen LogP contribution in [0, 0.1) is 0 Å². The fourth-order valence-electron chi connectivity index (χ4n) is 1.68. The van der Waals surface area contributed by atoms with Crippen molar-refractivity contribution in [1.29, 1.82) is 0 Å². The lowest BCUT2D eigenvalue weighted by Crippen LogP contribution is -1.96. The Labute approximate surface area is 139 Å². The minimum Gasteiger partial charge on any atom is -0.489 e. The normalized spacial score (nSPS) is 10.8. The van der Waals surface area contributed by atoms with Crippen molar-refractivity contribution in [2.24, 2.45) is 0 Å². The molecule has 2 rings (SSSR count). The van der Waals surface area contributed by atoms with E-state index in [-0.39, 0.29) is 0 Å². The molecular formula is C16H12Br2O3. The predicted octanol–water partition coefficient (Wildman–Crippen LogP) is 4.89. The van der Waals surface area contributed by atoms with Crippen molar-refractivity contribution in [3.05, 3.63) is 68.6 Å². The summed E-state index contributed by atoms with van der Waals surface area (Å²) in [6.45, 7) is 0.436. The molecule has 0 amide bonds. The average Bonchev–Trinajstić information content (AvgIpc) is 2.46. The molecule has 5 heteroatoms. The van der Waals surface area contributed by atoms with Crippen molar-refractivity contribution >= 4 is 43.9 Å². The number of benzene rings is 2. The number of ether oxygens (including phenoxy) is 1. The molecule has 0 atom stereocenters. The Kier molecular flexibility index (Phi) is 5.59. The van der Waals surface area contributed by atoms with Gasteiger partial charge in [-0.05, 0) is 35.9 Å². The fourth-order valence-corrected chi connectivity index (χ4v) is 2.45. The molecule has 0 bridgehead atoms. The highest BCUT2D eigenvalue weighted by molar-refractivity contribution is 9.10. The monoisotopic (exact) mass is 410 g/mol. The molecule has 0 radical (unpaired) electrons. The Morgan fingerprint density at radius 3 is 2.62 bits per heavy atom. The van der Waals surface area contributed by atoms with Crippen LogP contribution in [0.15, 0.2) is 57.5 Å². The van der Waals surface area contributed by atoms with Gasteiger partial charge < -0.3 is 9.84 Å². The summed E-state index contributed by atoms with van der Waals surface area (Å²) < 4.78 is 7.55. The van der Waals surface area contributed by atoms with Crippen molar-refractivity contribution in [1.82, 2.24) is 0 Å². The molecule has 2 aromatic carbocycles. The first-order chi connectivity index (χ1) is 10.1. The van der Waals surface area contributed by atoms with E-state index in [1.165, 1.54) is 6.08 Å². The molecule has 0 saturated carbocycles. The Morgan fingerprint density at radius 1 is 1.14 bits per heavy atom. The van der Waals surface area contributed by atoms with E-state index in [0.717, 1.165) is 26.1 Å². The van der Waals surface area contributed by atoms with Crippen LogP contribution < -0.4 is 4.74 Å². The lowest BCUT2D eigenvalue weighted by atomic mass is 10.2. The van der Waals surface area contributed by atoms with Gasteiger partial charge in [0.2, 0.25) is 0 Å². The van der Waals surface area contributed by atoms with Crippen LogP contribution in [0.1, 0.15) is 11.1 Å². The van der Waals surface area contributed by atoms with Crippen molar-refractivity contribution in [2.75, 3.05) is 0 Å². The second kappa shape index (κ2) is 7.43. The zero-order valence-electron chi connectivity index (χ0n) is 10.9. The van der Waals surface area contributed by atoms with Gasteiger partial charge in [-0.1, -0.05) is 50.1 Å². The fraction of sp³-hybridized carbons (Fsp3) is 0.0625. The topological polar surface area (TPSA) is 46.5 Å². The zero-order valence-corrected chi connectivity index (χ0v) is 14.1. The highest BCUT2D eigenvalue weighted by Gasteiger charge is 2.03. The second-order valence-electron chi connectivity index (χ2n) is 4.23. The second-order valence-corrected chi connectivity index (χ2v) is 5.94. The zero-order chi connectivity index (χ0) is 15.2. The summed E-state index contributed by atoms with van der Waals surface area (Å²) in [5.41, 5.74) is 1.80. The third-order valence-corrected chi connectivity index (χ3v) is 4.22. The van der Waals surface area contributed by atoms with Crippen LogP contribution >= 0.6 is 31.9 Å². The van der Waals surface area contributed by atoms with Gasteiger partial charge in [0.1, 0.15) is 12.4 Å². The van der Waals surface area contributed by atoms with E-state index in [1.54, 1.807) is 6.07 Å². The standard InChI is InChI=1S/C16H12Br2O3/c17-14-4-2-1-3-12(14)10-21-13-6-7-15(18)11(9-13)5-8-16(19)20/h1-9H,10H2,(H,19,20)/b8-5+. The molecule has 1 N–H and O–H groups in total. The van der Waals surface area contributed by atoms with Gasteiger partial charge >= 0.3 is 5.97 Å². The van der Waals surface area contributed by atoms with Gasteiger partial charge in [0.05, 0.1) is 0 Å². The van der Waals surface area contributed by atoms with Crippen LogP contribution in [-0.4, -0.2) is 11.1 Å². The molecule has 0 spiro atoms. The molecule has 0 saturated heterocycles. The molecule has 108 valence electrons. The van der Waals surface area contributed by atoms with E-state index in [0.29, 0.717) is 12.4 Å². The smallest absolute Gasteiger partial charge is 0.328 e. The van der Waals surface area contributed by atoms with E-state index < -0.39 is 5.97 Å². The van der Waals surface area contributed by atoms with Crippen LogP contribution in [-0.2, 0) is 11.4 Å². The van der Waals surface area contributed by atoms with Gasteiger partial charge in [-0.25, -0.2) is 4.79 Å². The first-order valence-electron chi connectivity index (χ1n) is 6.13. The van der Waals surface area contributed by atoms with E-state index in [4.69, 9.17) is 9.84 Å². The van der Waals surface area contributed by atoms with E-state index in [2.05, 4.69) is 31.9 Å². The Bertz CT molecular complexity index is 681. The average molecular weight is 412 g/mol. The van der Waals surface area contributed by atoms with Crippen LogP contribution in [0.25, 0.3) is 6.08 Å². The maximum atomic E-state index is 10.6. The maximum absolute atomic E-state index is 10.6. The number of carbonyl (C=O) groups is 1. The summed E-state index contributed by atoms with van der Waals surface area (Å²) in [4.78, 5) is 10.6. The van der Waals surface area contributed by atoms with Crippen molar-refractivity contribution in [3.63, 3.8) is 0 Å². The van der Waals surface area contributed by atoms with Gasteiger partial charge in [-0.2, -0.15) is 0 Å². The maximum Gasteiger partial charge on any atom is 0.328 e. The van der Waals surface area contributed by atoms with E-state index >= 15 is 0 Å². The molecule has 3 nitrogen and oxygen atoms in total. The molecule has 0 unspecified atom stereocenters. The molecule has 0 aliphatic rings. The van der Waals surface area contributed by atoms with Crippen LogP contribution in [0.5, 0.6) is 5.75 Å². The van der Waals surface area contributed by atoms with Crippen molar-refractivity contribution in [2.45, 2.75) is 6.61 Å². The lowest BCUT2D eigenvalue weighted by molar-refractivity contribution is -0.131. The number of hydrogen-bond donors (Lipinski definition) is 1. The number of rotatable bonds is 5. The number of halogens is 2. The number of aliphatic carboxylic acids is 1. The van der Waals surface area contributed by atoms with Crippen LogP contribution in [0.3, 0.4) is 0 Å². The highest BCUT2D eigenvalue weighted by Crippen LogP contribution is 2.25. The van der Waals surface area contributed by atoms with Crippen LogP contribution in [0.2, 0.25) is 0 Å². The summed E-state index contributed by atoms with van der Waals surface area (Å²) in [6.07, 6.45) is 2.62. The number of hydrogen-bond acceptors (Lipinski definition) is 2. The van der Waals surface area contributed by atoms with Gasteiger partial charge in [-0.15, -0.1) is 0 Å². The SMILES string of the molecule is O=C(O)/C=C/c1cc(OCc2ccccc2Br)ccc1Br. The molecule has 0 heterocycles. The Hall–Kier alpha value is -1.59. The summed E-state index contributed by atoms with van der Waals surface area (Å²) in [5, 5.41) is 8.68. The number of carboxylic acid groups (broad SMARTS) is 1. The molecule has 21 heavy (non-hydrogen) atoms. The number of carboxylic acids is 1. The Morgan fingerprint density at radius 2 is 1.90 bits per heavy atom. The first kappa shape index (κ1) is 15.8. The van der Waals surface area contributed by atoms with Gasteiger partial charge in [0.25, 0.3) is 0 Å². The Balaban J connectivity index is 2.12. The highest BCUT2D eigenvalue weighted by atomic mass is 79.9. The summed E-state index contributed by atoms with van der Waals surface area (Å²) in [6, 6.07) is 13.3. The predicted molar refractivity (Wildman–Crippen MR) is 89.3 cm³/mol. The lowest BCUT2D eigenvalue weighted by Gasteiger charge is -2.09. The molecular weight excluding hydrogens is 400 g/mol. The van der Waals surface area contributed by atoms with Crippen molar-refractivity contribution in [3.8, 4) is 5.75 Å². The van der Waals surface area contributed by atoms with Crippen molar-refractivity contribution < 1.29 is 14.6 Å². The summed E-state index contributed by atoms with van der Waals surface area (Å²) >= 11 is 6.85. The molecule has 2 aromatic rings. The molecule has 0 aromatic heterocycles. The quantitative estimate of drug-likeness (QED) is 0.712. The first-order valence-corrected chi connectivity index (χ1v) is 7.71. The van der Waals surface area contributed by atoms with Crippen LogP contribution in [0.4, 0.5) is 0 Å². The molecule has 0 aliphatic heterocycles. The summed E-state index contributed by atoms with van der Waals surface area (Å²) in [5.74, 6) is -0.305. The van der Waals surface area contributed by atoms with Gasteiger partial charge in [0, 0.05) is 20.6 Å². The minimum atomic E-state index is -0.985. The van der Waals surface area contributed by atoms with E-state index in [9.17, 15) is 4.79 Å². The third kappa shape index (κ3) is 4.72. The van der Waals surface area contributed by atoms with Gasteiger partial charge in [0.15, 0.2) is 0 Å². The van der Waals surface area contributed by atoms with E-state index in [1.807, 2.05) is 36.4 Å². The minimum absolute atomic E-state index is 0.436. The summed E-state index contributed by atoms with van der Waals surface area (Å²) in [7, 11) is 0. The molecule has 0 aliphatic carbocycles. The van der Waals surface area contributed by atoms with Gasteiger partial charge in [-0.3, -0.25) is 0 Å². The molecule has 0 fully saturated rings.